The molecule has 4 aromatic heterocycles. The molecule has 1 fully saturated rings. The van der Waals surface area contributed by atoms with Gasteiger partial charge in [0.25, 0.3) is 11.8 Å². The summed E-state index contributed by atoms with van der Waals surface area (Å²) in [5, 5.41) is 26.3. The smallest absolute Gasteiger partial charge is 0.272 e. The maximum atomic E-state index is 13.3. The highest BCUT2D eigenvalue weighted by Gasteiger charge is 2.20. The van der Waals surface area contributed by atoms with Crippen LogP contribution in [0.5, 0.6) is 0 Å². The molecule has 304 valence electrons. The summed E-state index contributed by atoms with van der Waals surface area (Å²) in [5.74, 6) is 0.0246. The van der Waals surface area contributed by atoms with Crippen LogP contribution in [-0.4, -0.2) is 58.7 Å². The molecule has 1 aliphatic carbocycles. The van der Waals surface area contributed by atoms with Crippen molar-refractivity contribution in [1.82, 2.24) is 51.0 Å². The maximum absolute atomic E-state index is 13.3. The fraction of sp³-hybridized carbons (Fsp3) is 0.268. The molecule has 1 aliphatic rings. The summed E-state index contributed by atoms with van der Waals surface area (Å²) < 4.78 is 26.5. The normalized spacial score (nSPS) is 12.8. The third-order valence-electron chi connectivity index (χ3n) is 9.87. The predicted molar refractivity (Wildman–Crippen MR) is 222 cm³/mol. The van der Waals surface area contributed by atoms with E-state index in [0.29, 0.717) is 57.3 Å². The van der Waals surface area contributed by atoms with Crippen LogP contribution < -0.4 is 21.3 Å². The Labute approximate surface area is 347 Å². The Morgan fingerprint density at radius 3 is 1.66 bits per heavy atom. The number of amides is 2. The minimum absolute atomic E-state index is 0.00374. The van der Waals surface area contributed by atoms with Crippen molar-refractivity contribution in [2.75, 3.05) is 17.2 Å². The van der Waals surface area contributed by atoms with Gasteiger partial charge in [-0.15, -0.1) is 0 Å². The number of halogens is 4. The van der Waals surface area contributed by atoms with Gasteiger partial charge in [-0.1, -0.05) is 84.4 Å². The molecule has 0 saturated heterocycles. The standard InChI is InChI=1S/C21H18ClFN6O.C20H22ClFN6O/c1-12-2-4-13(5-3-12)9-24-20-18-17(28-29-20)19(27-11-26-18)21(30)25-10-14-6-7-16(23)15(22)8-14;21-14-8-13(6-7-15(14)22)10-24-20(29)18-16-17(25-11-26-18)19(28-27-16)23-9-12-4-2-1-3-5-12/h2-8,11H,9-10H2,1H3,(H,25,30)(H2,24,28,29);6-8,11-12H,1-5,9-10H2,(H,24,29)(H2,23,27,28). The number of anilines is 2. The van der Waals surface area contributed by atoms with Gasteiger partial charge in [-0.05, 0) is 66.6 Å². The molecule has 7 aromatic rings. The number of carbonyl (C=O) groups excluding carboxylic acids is 2. The third kappa shape index (κ3) is 10.3. The summed E-state index contributed by atoms with van der Waals surface area (Å²) in [6.07, 6.45) is 9.00. The Morgan fingerprint density at radius 1 is 0.661 bits per heavy atom. The van der Waals surface area contributed by atoms with E-state index in [-0.39, 0.29) is 40.4 Å². The zero-order chi connectivity index (χ0) is 41.3. The molecule has 8 rings (SSSR count). The lowest BCUT2D eigenvalue weighted by Gasteiger charge is -2.21. The van der Waals surface area contributed by atoms with E-state index < -0.39 is 17.5 Å². The Balaban J connectivity index is 0.000000179. The Bertz CT molecular complexity index is 2580. The van der Waals surface area contributed by atoms with E-state index in [1.54, 1.807) is 12.1 Å². The molecule has 0 radical (unpaired) electrons. The van der Waals surface area contributed by atoms with Crippen LogP contribution in [0.25, 0.3) is 22.1 Å². The van der Waals surface area contributed by atoms with E-state index in [2.05, 4.69) is 61.6 Å². The molecule has 59 heavy (non-hydrogen) atoms. The van der Waals surface area contributed by atoms with Crippen molar-refractivity contribution in [2.24, 2.45) is 5.92 Å². The van der Waals surface area contributed by atoms with Crippen molar-refractivity contribution in [3.8, 4) is 0 Å². The lowest BCUT2D eigenvalue weighted by atomic mass is 9.89. The molecular weight excluding hydrogens is 801 g/mol. The van der Waals surface area contributed by atoms with Crippen molar-refractivity contribution in [2.45, 2.75) is 58.7 Å². The predicted octanol–water partition coefficient (Wildman–Crippen LogP) is 8.06. The number of hydrogen-bond acceptors (Lipinski definition) is 10. The van der Waals surface area contributed by atoms with E-state index in [1.807, 2.05) is 31.2 Å². The highest BCUT2D eigenvalue weighted by atomic mass is 35.5. The van der Waals surface area contributed by atoms with Crippen molar-refractivity contribution >= 4 is 68.7 Å². The van der Waals surface area contributed by atoms with E-state index in [9.17, 15) is 18.4 Å². The maximum Gasteiger partial charge on any atom is 0.272 e. The van der Waals surface area contributed by atoms with Crippen LogP contribution in [0.2, 0.25) is 10.0 Å². The topological polar surface area (TPSA) is 191 Å². The van der Waals surface area contributed by atoms with E-state index in [0.717, 1.165) is 12.1 Å². The largest absolute Gasteiger partial charge is 0.367 e. The summed E-state index contributed by atoms with van der Waals surface area (Å²) in [5.41, 5.74) is 6.05. The molecule has 0 unspecified atom stereocenters. The zero-order valence-corrected chi connectivity index (χ0v) is 33.4. The molecule has 3 aromatic carbocycles. The SMILES string of the molecule is Cc1ccc(CNc2n[nH]c3c(C(=O)NCc4ccc(F)c(Cl)c4)ncnc23)cc1.O=C(NCc1ccc(F)c(Cl)c1)c1ncnc2c(NCC3CCCCC3)n[nH]c12. The van der Waals surface area contributed by atoms with Crippen LogP contribution in [0.3, 0.4) is 0 Å². The first-order valence-electron chi connectivity index (χ1n) is 19.0. The van der Waals surface area contributed by atoms with Gasteiger partial charge in [-0.3, -0.25) is 19.8 Å². The lowest BCUT2D eigenvalue weighted by Crippen LogP contribution is -2.24. The van der Waals surface area contributed by atoms with Crippen molar-refractivity contribution in [3.05, 3.63) is 129 Å². The Kier molecular flexibility index (Phi) is 13.2. The number of nitrogens with one attached hydrogen (secondary N) is 6. The zero-order valence-electron chi connectivity index (χ0n) is 31.9. The molecule has 0 spiro atoms. The van der Waals surface area contributed by atoms with Gasteiger partial charge < -0.3 is 21.3 Å². The number of rotatable bonds is 12. The highest BCUT2D eigenvalue weighted by Crippen LogP contribution is 2.26. The first-order chi connectivity index (χ1) is 28.6. The summed E-state index contributed by atoms with van der Waals surface area (Å²) in [6, 6.07) is 16.8. The van der Waals surface area contributed by atoms with Gasteiger partial charge >= 0.3 is 0 Å². The second-order valence-corrected chi connectivity index (χ2v) is 14.9. The lowest BCUT2D eigenvalue weighted by molar-refractivity contribution is 0.0939. The number of hydrogen-bond donors (Lipinski definition) is 6. The average Bonchev–Trinajstić information content (AvgIpc) is 3.88. The molecule has 2 amide bonds. The molecular formula is C41H40Cl2F2N12O2. The number of benzene rings is 3. The van der Waals surface area contributed by atoms with Gasteiger partial charge in [0.05, 0.1) is 10.0 Å². The minimum Gasteiger partial charge on any atom is -0.367 e. The second-order valence-electron chi connectivity index (χ2n) is 14.1. The fourth-order valence-electron chi connectivity index (χ4n) is 6.62. The molecule has 18 heteroatoms. The van der Waals surface area contributed by atoms with Gasteiger partial charge in [0.1, 0.15) is 46.4 Å². The molecule has 4 heterocycles. The van der Waals surface area contributed by atoms with Crippen LogP contribution in [0, 0.1) is 24.5 Å². The average molecular weight is 842 g/mol. The molecule has 1 saturated carbocycles. The number of fused-ring (bicyclic) bond motifs is 2. The summed E-state index contributed by atoms with van der Waals surface area (Å²) in [4.78, 5) is 42.0. The first kappa shape index (κ1) is 40.9. The van der Waals surface area contributed by atoms with Crippen LogP contribution in [0.1, 0.15) is 75.3 Å². The molecule has 6 N–H and O–H groups in total. The fourth-order valence-corrected chi connectivity index (χ4v) is 7.02. The highest BCUT2D eigenvalue weighted by molar-refractivity contribution is 6.31. The van der Waals surface area contributed by atoms with Gasteiger partial charge in [0.2, 0.25) is 0 Å². The van der Waals surface area contributed by atoms with Crippen LogP contribution in [0.4, 0.5) is 20.4 Å². The third-order valence-corrected chi connectivity index (χ3v) is 10.4. The van der Waals surface area contributed by atoms with Gasteiger partial charge in [-0.2, -0.15) is 10.2 Å². The summed E-state index contributed by atoms with van der Waals surface area (Å²) in [6.45, 7) is 3.82. The number of aromatic amines is 2. The summed E-state index contributed by atoms with van der Waals surface area (Å²) in [7, 11) is 0. The number of aryl methyl sites for hydroxylation is 1. The van der Waals surface area contributed by atoms with Crippen LogP contribution in [-0.2, 0) is 19.6 Å². The van der Waals surface area contributed by atoms with Crippen molar-refractivity contribution in [3.63, 3.8) is 0 Å². The Morgan fingerprint density at radius 2 is 1.15 bits per heavy atom. The number of nitrogens with zero attached hydrogens (tertiary/aromatic N) is 6. The molecule has 0 aliphatic heterocycles. The quantitative estimate of drug-likeness (QED) is 0.0702. The van der Waals surface area contributed by atoms with Crippen LogP contribution >= 0.6 is 23.2 Å². The summed E-state index contributed by atoms with van der Waals surface area (Å²) >= 11 is 11.6. The van der Waals surface area contributed by atoms with Gasteiger partial charge in [0.15, 0.2) is 23.0 Å². The second kappa shape index (κ2) is 19.0. The van der Waals surface area contributed by atoms with Crippen molar-refractivity contribution < 1.29 is 18.4 Å². The van der Waals surface area contributed by atoms with Crippen molar-refractivity contribution in [1.29, 1.82) is 0 Å². The van der Waals surface area contributed by atoms with Crippen LogP contribution in [0.15, 0.2) is 73.3 Å². The van der Waals surface area contributed by atoms with E-state index in [1.165, 1.54) is 74.6 Å². The number of H-pyrrole nitrogens is 2. The van der Waals surface area contributed by atoms with Gasteiger partial charge in [0, 0.05) is 26.2 Å². The monoisotopic (exact) mass is 840 g/mol. The number of carbonyl (C=O) groups is 2. The number of aromatic nitrogens is 8. The Hall–Kier alpha value is -6.26. The minimum atomic E-state index is -0.507. The van der Waals surface area contributed by atoms with Gasteiger partial charge in [-0.25, -0.2) is 28.7 Å². The molecule has 0 atom stereocenters. The first-order valence-corrected chi connectivity index (χ1v) is 19.7. The molecule has 14 nitrogen and oxygen atoms in total. The molecule has 0 bridgehead atoms. The van der Waals surface area contributed by atoms with E-state index >= 15 is 0 Å². The van der Waals surface area contributed by atoms with E-state index in [4.69, 9.17) is 23.2 Å².